The minimum absolute atomic E-state index is 0.112. The number of amides is 1. The van der Waals surface area contributed by atoms with Crippen molar-refractivity contribution in [1.29, 1.82) is 0 Å². The minimum atomic E-state index is -0.112. The van der Waals surface area contributed by atoms with Crippen molar-refractivity contribution in [2.24, 2.45) is 0 Å². The van der Waals surface area contributed by atoms with Crippen LogP contribution in [0.2, 0.25) is 0 Å². The van der Waals surface area contributed by atoms with Crippen LogP contribution in [0.5, 0.6) is 0 Å². The average molecular weight is 386 g/mol. The number of carbonyl (C=O) groups is 1. The molecule has 1 amide bonds. The maximum atomic E-state index is 12.8. The summed E-state index contributed by atoms with van der Waals surface area (Å²) in [5.74, 6) is -0.112. The molecule has 0 atom stereocenters. The molecule has 1 N–H and O–H groups in total. The van der Waals surface area contributed by atoms with Crippen LogP contribution in [0.4, 0.5) is 5.69 Å². The first kappa shape index (κ1) is 19.0. The number of nitrogens with one attached hydrogen (secondary N) is 1. The van der Waals surface area contributed by atoms with Crippen molar-refractivity contribution in [1.82, 2.24) is 14.3 Å². The highest BCUT2D eigenvalue weighted by Gasteiger charge is 2.15. The van der Waals surface area contributed by atoms with Crippen molar-refractivity contribution in [3.05, 3.63) is 82.8 Å². The van der Waals surface area contributed by atoms with E-state index in [-0.39, 0.29) is 5.91 Å². The summed E-state index contributed by atoms with van der Waals surface area (Å²) in [4.78, 5) is 12.8. The number of rotatable bonds is 5. The van der Waals surface area contributed by atoms with Crippen molar-refractivity contribution in [2.45, 2.75) is 40.8 Å². The summed E-state index contributed by atoms with van der Waals surface area (Å²) in [6.07, 6.45) is 1.71. The summed E-state index contributed by atoms with van der Waals surface area (Å²) in [7, 11) is 0. The molecule has 29 heavy (non-hydrogen) atoms. The molecule has 0 fully saturated rings. The lowest BCUT2D eigenvalue weighted by molar-refractivity contribution is 0.102. The van der Waals surface area contributed by atoms with Gasteiger partial charge in [-0.25, -0.2) is 0 Å². The van der Waals surface area contributed by atoms with Crippen LogP contribution in [0.1, 0.15) is 39.8 Å². The van der Waals surface area contributed by atoms with Crippen molar-refractivity contribution in [3.63, 3.8) is 0 Å². The van der Waals surface area contributed by atoms with Crippen LogP contribution in [0, 0.1) is 20.8 Å². The number of aromatic nitrogens is 3. The number of hydrogen-bond acceptors (Lipinski definition) is 2. The molecule has 5 nitrogen and oxygen atoms in total. The zero-order chi connectivity index (χ0) is 20.5. The van der Waals surface area contributed by atoms with E-state index in [1.54, 1.807) is 6.20 Å². The topological polar surface area (TPSA) is 51.9 Å². The number of benzene rings is 2. The molecule has 4 rings (SSSR count). The SMILES string of the molecule is CCn1ncc(NC(=O)c2ccc3c(c2)c(C)c(C)n3Cc2ccccc2)c1C. The number of anilines is 1. The van der Waals surface area contributed by atoms with Gasteiger partial charge < -0.3 is 9.88 Å². The van der Waals surface area contributed by atoms with E-state index in [4.69, 9.17) is 0 Å². The van der Waals surface area contributed by atoms with Gasteiger partial charge in [-0.3, -0.25) is 9.48 Å². The van der Waals surface area contributed by atoms with Gasteiger partial charge >= 0.3 is 0 Å². The van der Waals surface area contributed by atoms with E-state index in [1.807, 2.05) is 36.7 Å². The van der Waals surface area contributed by atoms with Gasteiger partial charge in [-0.2, -0.15) is 5.10 Å². The third-order valence-electron chi connectivity index (χ3n) is 5.74. The Bertz CT molecular complexity index is 1180. The average Bonchev–Trinajstić information content (AvgIpc) is 3.21. The molecule has 0 aliphatic heterocycles. The lowest BCUT2D eigenvalue weighted by Gasteiger charge is -2.09. The summed E-state index contributed by atoms with van der Waals surface area (Å²) in [6.45, 7) is 9.85. The van der Waals surface area contributed by atoms with Crippen LogP contribution in [0.3, 0.4) is 0 Å². The molecule has 0 radical (unpaired) electrons. The van der Waals surface area contributed by atoms with Crippen LogP contribution in [0.25, 0.3) is 10.9 Å². The van der Waals surface area contributed by atoms with Gasteiger partial charge in [0.25, 0.3) is 5.91 Å². The van der Waals surface area contributed by atoms with Crippen molar-refractivity contribution in [3.8, 4) is 0 Å². The smallest absolute Gasteiger partial charge is 0.255 e. The zero-order valence-electron chi connectivity index (χ0n) is 17.4. The maximum Gasteiger partial charge on any atom is 0.255 e. The molecule has 4 aromatic rings. The molecule has 0 bridgehead atoms. The van der Waals surface area contributed by atoms with Crippen LogP contribution in [0.15, 0.2) is 54.7 Å². The highest BCUT2D eigenvalue weighted by molar-refractivity contribution is 6.06. The fourth-order valence-electron chi connectivity index (χ4n) is 3.84. The van der Waals surface area contributed by atoms with E-state index in [2.05, 4.69) is 59.2 Å². The van der Waals surface area contributed by atoms with Crippen LogP contribution in [-0.4, -0.2) is 20.3 Å². The Labute approximate surface area is 171 Å². The van der Waals surface area contributed by atoms with Gasteiger partial charge in [-0.15, -0.1) is 0 Å². The van der Waals surface area contributed by atoms with E-state index in [1.165, 1.54) is 16.8 Å². The third kappa shape index (κ3) is 3.44. The summed E-state index contributed by atoms with van der Waals surface area (Å²) in [5, 5.41) is 8.41. The Kier molecular flexibility index (Phi) is 4.97. The number of hydrogen-bond donors (Lipinski definition) is 1. The van der Waals surface area contributed by atoms with E-state index in [0.717, 1.165) is 35.4 Å². The fourth-order valence-corrected chi connectivity index (χ4v) is 3.84. The third-order valence-corrected chi connectivity index (χ3v) is 5.74. The van der Waals surface area contributed by atoms with Crippen LogP contribution >= 0.6 is 0 Å². The highest BCUT2D eigenvalue weighted by Crippen LogP contribution is 2.27. The molecular weight excluding hydrogens is 360 g/mol. The van der Waals surface area contributed by atoms with Gasteiger partial charge in [0.15, 0.2) is 0 Å². The molecular formula is C24H26N4O. The van der Waals surface area contributed by atoms with Crippen molar-refractivity contribution < 1.29 is 4.79 Å². The van der Waals surface area contributed by atoms with Gasteiger partial charge in [-0.1, -0.05) is 30.3 Å². The van der Waals surface area contributed by atoms with E-state index in [0.29, 0.717) is 5.56 Å². The minimum Gasteiger partial charge on any atom is -0.340 e. The van der Waals surface area contributed by atoms with E-state index < -0.39 is 0 Å². The van der Waals surface area contributed by atoms with Crippen LogP contribution < -0.4 is 5.32 Å². The van der Waals surface area contributed by atoms with Gasteiger partial charge in [-0.05, 0) is 57.0 Å². The molecule has 0 unspecified atom stereocenters. The Morgan fingerprint density at radius 1 is 1.03 bits per heavy atom. The second-order valence-electron chi connectivity index (χ2n) is 7.43. The number of nitrogens with zero attached hydrogens (tertiary/aromatic N) is 3. The van der Waals surface area contributed by atoms with E-state index >= 15 is 0 Å². The Balaban J connectivity index is 1.66. The molecule has 2 heterocycles. The molecule has 0 saturated carbocycles. The number of fused-ring (bicyclic) bond motifs is 1. The number of aryl methyl sites for hydroxylation is 2. The molecule has 2 aromatic heterocycles. The Morgan fingerprint density at radius 2 is 1.79 bits per heavy atom. The zero-order valence-corrected chi connectivity index (χ0v) is 17.4. The predicted molar refractivity (Wildman–Crippen MR) is 118 cm³/mol. The standard InChI is InChI=1S/C24H26N4O/c1-5-28-18(4)22(14-25-28)26-24(29)20-11-12-23-21(13-20)16(2)17(3)27(23)15-19-9-7-6-8-10-19/h6-14H,5,15H2,1-4H3,(H,26,29). The summed E-state index contributed by atoms with van der Waals surface area (Å²) in [5.41, 5.74) is 7.21. The molecule has 0 saturated heterocycles. The van der Waals surface area contributed by atoms with Crippen molar-refractivity contribution >= 4 is 22.5 Å². The van der Waals surface area contributed by atoms with Crippen LogP contribution in [-0.2, 0) is 13.1 Å². The molecule has 0 spiro atoms. The lowest BCUT2D eigenvalue weighted by Crippen LogP contribution is -2.12. The monoisotopic (exact) mass is 386 g/mol. The highest BCUT2D eigenvalue weighted by atomic mass is 16.1. The Morgan fingerprint density at radius 3 is 2.48 bits per heavy atom. The number of carbonyl (C=O) groups excluding carboxylic acids is 1. The molecule has 2 aromatic carbocycles. The normalized spacial score (nSPS) is 11.2. The first-order valence-electron chi connectivity index (χ1n) is 9.96. The first-order valence-corrected chi connectivity index (χ1v) is 9.96. The maximum absolute atomic E-state index is 12.8. The molecule has 0 aliphatic carbocycles. The van der Waals surface area contributed by atoms with Crippen molar-refractivity contribution in [2.75, 3.05) is 5.32 Å². The largest absolute Gasteiger partial charge is 0.340 e. The first-order chi connectivity index (χ1) is 14.0. The molecule has 0 aliphatic rings. The van der Waals surface area contributed by atoms with E-state index in [9.17, 15) is 4.79 Å². The molecule has 5 heteroatoms. The lowest BCUT2D eigenvalue weighted by atomic mass is 10.1. The molecule has 148 valence electrons. The second kappa shape index (κ2) is 7.59. The summed E-state index contributed by atoms with van der Waals surface area (Å²) >= 11 is 0. The van der Waals surface area contributed by atoms with Gasteiger partial charge in [0.1, 0.15) is 0 Å². The predicted octanol–water partition coefficient (Wildman–Crippen LogP) is 5.08. The van der Waals surface area contributed by atoms with Gasteiger partial charge in [0.2, 0.25) is 0 Å². The Hall–Kier alpha value is -3.34. The van der Waals surface area contributed by atoms with Gasteiger partial charge in [0.05, 0.1) is 17.6 Å². The summed E-state index contributed by atoms with van der Waals surface area (Å²) < 4.78 is 4.19. The fraction of sp³-hybridized carbons (Fsp3) is 0.250. The quantitative estimate of drug-likeness (QED) is 0.520. The van der Waals surface area contributed by atoms with Gasteiger partial charge in [0, 0.05) is 35.2 Å². The summed E-state index contributed by atoms with van der Waals surface area (Å²) in [6, 6.07) is 16.4. The second-order valence-corrected chi connectivity index (χ2v) is 7.43.